The number of carbonyl (C=O) groups is 3. The summed E-state index contributed by atoms with van der Waals surface area (Å²) in [6.45, 7) is 2.16. The van der Waals surface area contributed by atoms with Crippen molar-refractivity contribution in [2.45, 2.75) is 50.7 Å². The molecule has 2 atom stereocenters. The van der Waals surface area contributed by atoms with Crippen LogP contribution in [0.5, 0.6) is 0 Å². The number of carbonyl (C=O) groups excluding carboxylic acids is 3. The molecule has 2 saturated heterocycles. The van der Waals surface area contributed by atoms with E-state index in [1.165, 1.54) is 4.90 Å². The van der Waals surface area contributed by atoms with Gasteiger partial charge in [-0.2, -0.15) is 0 Å². The predicted octanol–water partition coefficient (Wildman–Crippen LogP) is 1.10. The lowest BCUT2D eigenvalue weighted by atomic mass is 10.2. The number of ether oxygens (including phenoxy) is 2. The minimum atomic E-state index is -0.290. The normalized spacial score (nSPS) is 20.7. The Bertz CT molecular complexity index is 703. The van der Waals surface area contributed by atoms with Crippen molar-refractivity contribution < 1.29 is 23.9 Å². The zero-order valence-electron chi connectivity index (χ0n) is 17.2. The molecule has 0 aliphatic carbocycles. The Kier molecular flexibility index (Phi) is 8.58. The molecule has 0 unspecified atom stereocenters. The monoisotopic (exact) mass is 418 g/mol. The lowest BCUT2D eigenvalue weighted by molar-refractivity contribution is -0.138. The molecule has 9 nitrogen and oxygen atoms in total. The van der Waals surface area contributed by atoms with Crippen molar-refractivity contribution in [3.05, 3.63) is 24.4 Å². The highest BCUT2D eigenvalue weighted by Crippen LogP contribution is 2.15. The summed E-state index contributed by atoms with van der Waals surface area (Å²) in [5.41, 5.74) is 0. The molecular formula is C21H30N4O5. The molecule has 164 valence electrons. The van der Waals surface area contributed by atoms with Gasteiger partial charge >= 0.3 is 0 Å². The van der Waals surface area contributed by atoms with Crippen LogP contribution in [0.4, 0.5) is 5.82 Å². The summed E-state index contributed by atoms with van der Waals surface area (Å²) in [4.78, 5) is 42.8. The zero-order valence-corrected chi connectivity index (χ0v) is 17.2. The van der Waals surface area contributed by atoms with Crippen LogP contribution < -0.4 is 10.6 Å². The zero-order chi connectivity index (χ0) is 21.2. The molecule has 3 heterocycles. The van der Waals surface area contributed by atoms with Crippen LogP contribution in [0.1, 0.15) is 38.5 Å². The SMILES string of the molecule is O=C(CN(C[C@@H]1CCCO1)C(=O)CCC(=O)Nc1ccccn1)NC[C@@H]1CCCO1. The van der Waals surface area contributed by atoms with Crippen molar-refractivity contribution in [1.29, 1.82) is 0 Å². The molecule has 9 heteroatoms. The predicted molar refractivity (Wildman–Crippen MR) is 110 cm³/mol. The minimum Gasteiger partial charge on any atom is -0.376 e. The Morgan fingerprint density at radius 2 is 1.80 bits per heavy atom. The fourth-order valence-corrected chi connectivity index (χ4v) is 3.57. The average molecular weight is 418 g/mol. The van der Waals surface area contributed by atoms with Gasteiger partial charge in [0.05, 0.1) is 18.8 Å². The number of amides is 3. The standard InChI is InChI=1S/C21H30N4O5/c26-19(24-18-7-1-2-10-22-18)8-9-21(28)25(14-17-6-4-12-30-17)15-20(27)23-13-16-5-3-11-29-16/h1-2,7,10,16-17H,3-6,8-9,11-15H2,(H,23,27)(H,22,24,26)/t16-,17-/m0/s1. The third-order valence-corrected chi connectivity index (χ3v) is 5.18. The molecule has 0 bridgehead atoms. The molecule has 0 spiro atoms. The quantitative estimate of drug-likeness (QED) is 0.589. The third-order valence-electron chi connectivity index (χ3n) is 5.18. The van der Waals surface area contributed by atoms with Gasteiger partial charge in [-0.1, -0.05) is 6.07 Å². The van der Waals surface area contributed by atoms with E-state index in [1.54, 1.807) is 24.4 Å². The molecule has 2 aliphatic rings. The van der Waals surface area contributed by atoms with Crippen LogP contribution in [-0.4, -0.2) is 72.7 Å². The lowest BCUT2D eigenvalue weighted by Crippen LogP contribution is -2.45. The summed E-state index contributed by atoms with van der Waals surface area (Å²) < 4.78 is 11.1. The number of hydrogen-bond acceptors (Lipinski definition) is 6. The fourth-order valence-electron chi connectivity index (χ4n) is 3.57. The van der Waals surface area contributed by atoms with Crippen molar-refractivity contribution in [3.8, 4) is 0 Å². The number of pyridine rings is 1. The molecule has 3 rings (SSSR count). The second-order valence-electron chi connectivity index (χ2n) is 7.61. The van der Waals surface area contributed by atoms with Gasteiger partial charge in [-0.25, -0.2) is 4.98 Å². The smallest absolute Gasteiger partial charge is 0.239 e. The second kappa shape index (κ2) is 11.6. The van der Waals surface area contributed by atoms with E-state index in [4.69, 9.17) is 9.47 Å². The van der Waals surface area contributed by atoms with Gasteiger partial charge < -0.3 is 25.0 Å². The van der Waals surface area contributed by atoms with Crippen LogP contribution in [0.15, 0.2) is 24.4 Å². The molecule has 30 heavy (non-hydrogen) atoms. The highest BCUT2D eigenvalue weighted by Gasteiger charge is 2.25. The third kappa shape index (κ3) is 7.38. The largest absolute Gasteiger partial charge is 0.376 e. The van der Waals surface area contributed by atoms with Crippen LogP contribution in [-0.2, 0) is 23.9 Å². The molecule has 1 aromatic heterocycles. The summed E-state index contributed by atoms with van der Waals surface area (Å²) in [7, 11) is 0. The Morgan fingerprint density at radius 1 is 1.03 bits per heavy atom. The van der Waals surface area contributed by atoms with Crippen LogP contribution >= 0.6 is 0 Å². The van der Waals surface area contributed by atoms with Crippen LogP contribution in [0, 0.1) is 0 Å². The molecule has 0 aromatic carbocycles. The Morgan fingerprint density at radius 3 is 2.47 bits per heavy atom. The number of hydrogen-bond donors (Lipinski definition) is 2. The number of rotatable bonds is 10. The van der Waals surface area contributed by atoms with Crippen LogP contribution in [0.25, 0.3) is 0 Å². The van der Waals surface area contributed by atoms with Crippen molar-refractivity contribution >= 4 is 23.5 Å². The Labute approximate surface area is 176 Å². The van der Waals surface area contributed by atoms with Crippen molar-refractivity contribution in [2.24, 2.45) is 0 Å². The van der Waals surface area contributed by atoms with Gasteiger partial charge in [-0.15, -0.1) is 0 Å². The summed E-state index contributed by atoms with van der Waals surface area (Å²) in [6.07, 6.45) is 5.35. The highest BCUT2D eigenvalue weighted by atomic mass is 16.5. The van der Waals surface area contributed by atoms with E-state index < -0.39 is 0 Å². The number of nitrogens with one attached hydrogen (secondary N) is 2. The number of anilines is 1. The first-order chi connectivity index (χ1) is 14.6. The first-order valence-corrected chi connectivity index (χ1v) is 10.6. The highest BCUT2D eigenvalue weighted by molar-refractivity contribution is 5.93. The van der Waals surface area contributed by atoms with Gasteiger partial charge in [-0.05, 0) is 37.8 Å². The van der Waals surface area contributed by atoms with Gasteiger partial charge in [0.1, 0.15) is 5.82 Å². The van der Waals surface area contributed by atoms with Gasteiger partial charge in [0.15, 0.2) is 0 Å². The maximum atomic E-state index is 12.8. The molecular weight excluding hydrogens is 388 g/mol. The van der Waals surface area contributed by atoms with E-state index in [1.807, 2.05) is 0 Å². The first-order valence-electron chi connectivity index (χ1n) is 10.6. The van der Waals surface area contributed by atoms with Crippen LogP contribution in [0.3, 0.4) is 0 Å². The maximum absolute atomic E-state index is 12.8. The molecule has 2 aliphatic heterocycles. The molecule has 0 radical (unpaired) electrons. The van der Waals surface area contributed by atoms with E-state index in [0.717, 1.165) is 32.3 Å². The summed E-state index contributed by atoms with van der Waals surface area (Å²) in [5.74, 6) is -0.314. The number of aromatic nitrogens is 1. The fraction of sp³-hybridized carbons (Fsp3) is 0.619. The van der Waals surface area contributed by atoms with E-state index in [2.05, 4.69) is 15.6 Å². The molecule has 0 saturated carbocycles. The van der Waals surface area contributed by atoms with Gasteiger partial charge in [0, 0.05) is 45.3 Å². The van der Waals surface area contributed by atoms with Crippen molar-refractivity contribution in [1.82, 2.24) is 15.2 Å². The molecule has 3 amide bonds. The van der Waals surface area contributed by atoms with Gasteiger partial charge in [0.2, 0.25) is 17.7 Å². The summed E-state index contributed by atoms with van der Waals surface area (Å²) >= 11 is 0. The Hall–Kier alpha value is -2.52. The molecule has 2 fully saturated rings. The summed E-state index contributed by atoms with van der Waals surface area (Å²) in [6, 6.07) is 5.21. The number of nitrogens with zero attached hydrogens (tertiary/aromatic N) is 2. The molecule has 1 aromatic rings. The van der Waals surface area contributed by atoms with E-state index >= 15 is 0 Å². The van der Waals surface area contributed by atoms with E-state index in [-0.39, 0.29) is 49.3 Å². The average Bonchev–Trinajstić information content (AvgIpc) is 3.45. The first kappa shape index (κ1) is 22.2. The van der Waals surface area contributed by atoms with Gasteiger partial charge in [0.25, 0.3) is 0 Å². The van der Waals surface area contributed by atoms with Crippen LogP contribution in [0.2, 0.25) is 0 Å². The minimum absolute atomic E-state index is 0.0183. The Balaban J connectivity index is 1.47. The summed E-state index contributed by atoms with van der Waals surface area (Å²) in [5, 5.41) is 5.51. The van der Waals surface area contributed by atoms with Gasteiger partial charge in [-0.3, -0.25) is 14.4 Å². The van der Waals surface area contributed by atoms with E-state index in [0.29, 0.717) is 25.5 Å². The van der Waals surface area contributed by atoms with Crippen molar-refractivity contribution in [3.63, 3.8) is 0 Å². The molecule has 2 N–H and O–H groups in total. The van der Waals surface area contributed by atoms with Crippen molar-refractivity contribution in [2.75, 3.05) is 38.2 Å². The maximum Gasteiger partial charge on any atom is 0.239 e. The topological polar surface area (TPSA) is 110 Å². The second-order valence-corrected chi connectivity index (χ2v) is 7.61. The van der Waals surface area contributed by atoms with E-state index in [9.17, 15) is 14.4 Å². The lowest BCUT2D eigenvalue weighted by Gasteiger charge is -2.25.